The summed E-state index contributed by atoms with van der Waals surface area (Å²) < 4.78 is 38.7. The van der Waals surface area contributed by atoms with Gasteiger partial charge in [-0.1, -0.05) is 25.0 Å². The van der Waals surface area contributed by atoms with Gasteiger partial charge in [0.15, 0.2) is 0 Å². The second-order valence-electron chi connectivity index (χ2n) is 5.02. The standard InChI is InChI=1S/C14H18F3NO/c15-14(16,17)11-6-2-4-8-13(11)18-12-7-3-1-5-10(12)9-19/h2,4,6,8,10,12,18-19H,1,3,5,7,9H2. The lowest BCUT2D eigenvalue weighted by molar-refractivity contribution is -0.137. The molecule has 1 saturated carbocycles. The van der Waals surface area contributed by atoms with Gasteiger partial charge < -0.3 is 10.4 Å². The molecule has 1 fully saturated rings. The van der Waals surface area contributed by atoms with E-state index in [4.69, 9.17) is 0 Å². The average molecular weight is 273 g/mol. The van der Waals surface area contributed by atoms with Crippen molar-refractivity contribution in [1.29, 1.82) is 0 Å². The summed E-state index contributed by atoms with van der Waals surface area (Å²) in [6, 6.07) is 5.43. The van der Waals surface area contributed by atoms with Crippen LogP contribution in [-0.4, -0.2) is 17.8 Å². The highest BCUT2D eigenvalue weighted by molar-refractivity contribution is 5.53. The first kappa shape index (κ1) is 14.2. The number of benzene rings is 1. The maximum absolute atomic E-state index is 12.9. The van der Waals surface area contributed by atoms with E-state index in [-0.39, 0.29) is 24.3 Å². The van der Waals surface area contributed by atoms with Crippen LogP contribution in [0.4, 0.5) is 18.9 Å². The van der Waals surface area contributed by atoms with Crippen molar-refractivity contribution in [3.8, 4) is 0 Å². The SMILES string of the molecule is OCC1CCCCC1Nc1ccccc1C(F)(F)F. The number of hydrogen-bond donors (Lipinski definition) is 2. The van der Waals surface area contributed by atoms with Crippen LogP contribution in [0.25, 0.3) is 0 Å². The lowest BCUT2D eigenvalue weighted by Crippen LogP contribution is -2.35. The zero-order chi connectivity index (χ0) is 13.9. The van der Waals surface area contributed by atoms with Crippen molar-refractivity contribution in [2.45, 2.75) is 37.9 Å². The van der Waals surface area contributed by atoms with Crippen molar-refractivity contribution >= 4 is 5.69 Å². The van der Waals surface area contributed by atoms with Crippen molar-refractivity contribution in [2.24, 2.45) is 5.92 Å². The van der Waals surface area contributed by atoms with E-state index in [1.807, 2.05) is 0 Å². The molecular weight excluding hydrogens is 255 g/mol. The number of rotatable bonds is 3. The molecule has 19 heavy (non-hydrogen) atoms. The molecule has 0 aromatic heterocycles. The molecule has 2 rings (SSSR count). The molecule has 2 unspecified atom stereocenters. The molecule has 0 radical (unpaired) electrons. The van der Waals surface area contributed by atoms with Gasteiger partial charge in [0.25, 0.3) is 0 Å². The van der Waals surface area contributed by atoms with E-state index in [9.17, 15) is 18.3 Å². The minimum atomic E-state index is -4.35. The molecule has 0 spiro atoms. The fourth-order valence-electron chi connectivity index (χ4n) is 2.67. The van der Waals surface area contributed by atoms with Crippen LogP contribution in [0.5, 0.6) is 0 Å². The summed E-state index contributed by atoms with van der Waals surface area (Å²) in [6.45, 7) is 0.0197. The number of nitrogens with one attached hydrogen (secondary N) is 1. The topological polar surface area (TPSA) is 32.3 Å². The Morgan fingerprint density at radius 2 is 1.84 bits per heavy atom. The second kappa shape index (κ2) is 5.82. The van der Waals surface area contributed by atoms with Crippen LogP contribution in [0.2, 0.25) is 0 Å². The molecule has 0 saturated heterocycles. The van der Waals surface area contributed by atoms with Crippen LogP contribution in [0.15, 0.2) is 24.3 Å². The highest BCUT2D eigenvalue weighted by Gasteiger charge is 2.34. The normalized spacial score (nSPS) is 24.2. The van der Waals surface area contributed by atoms with Gasteiger partial charge in [-0.2, -0.15) is 13.2 Å². The molecule has 2 N–H and O–H groups in total. The predicted octanol–water partition coefficient (Wildman–Crippen LogP) is 3.67. The van der Waals surface area contributed by atoms with E-state index in [0.717, 1.165) is 31.7 Å². The zero-order valence-corrected chi connectivity index (χ0v) is 10.6. The van der Waals surface area contributed by atoms with E-state index in [2.05, 4.69) is 5.32 Å². The van der Waals surface area contributed by atoms with E-state index in [1.54, 1.807) is 6.07 Å². The Morgan fingerprint density at radius 1 is 1.16 bits per heavy atom. The number of alkyl halides is 3. The molecule has 1 aliphatic rings. The van der Waals surface area contributed by atoms with Crippen LogP contribution in [0.3, 0.4) is 0 Å². The number of aliphatic hydroxyl groups excluding tert-OH is 1. The molecule has 2 atom stereocenters. The Labute approximate surface area is 110 Å². The third kappa shape index (κ3) is 3.41. The highest BCUT2D eigenvalue weighted by atomic mass is 19.4. The molecule has 1 aliphatic carbocycles. The molecule has 0 aliphatic heterocycles. The number of aliphatic hydroxyl groups is 1. The van der Waals surface area contributed by atoms with Gasteiger partial charge in [-0.25, -0.2) is 0 Å². The van der Waals surface area contributed by atoms with E-state index < -0.39 is 11.7 Å². The van der Waals surface area contributed by atoms with Gasteiger partial charge in [0, 0.05) is 24.3 Å². The number of anilines is 1. The van der Waals surface area contributed by atoms with Crippen LogP contribution >= 0.6 is 0 Å². The molecule has 0 heterocycles. The Balaban J connectivity index is 2.18. The summed E-state index contributed by atoms with van der Waals surface area (Å²) >= 11 is 0. The van der Waals surface area contributed by atoms with Gasteiger partial charge in [0.05, 0.1) is 5.56 Å². The lowest BCUT2D eigenvalue weighted by Gasteiger charge is -2.32. The van der Waals surface area contributed by atoms with Crippen LogP contribution in [-0.2, 0) is 6.18 Å². The molecular formula is C14H18F3NO. The molecule has 2 nitrogen and oxygen atoms in total. The first-order chi connectivity index (χ1) is 9.02. The fraction of sp³-hybridized carbons (Fsp3) is 0.571. The molecule has 0 amide bonds. The lowest BCUT2D eigenvalue weighted by atomic mass is 9.85. The Kier molecular flexibility index (Phi) is 4.34. The molecule has 1 aromatic carbocycles. The summed E-state index contributed by atoms with van der Waals surface area (Å²) in [6.07, 6.45) is -0.667. The van der Waals surface area contributed by atoms with E-state index >= 15 is 0 Å². The quantitative estimate of drug-likeness (QED) is 0.880. The Morgan fingerprint density at radius 3 is 2.53 bits per heavy atom. The molecule has 5 heteroatoms. The van der Waals surface area contributed by atoms with Gasteiger partial charge in [-0.3, -0.25) is 0 Å². The zero-order valence-electron chi connectivity index (χ0n) is 10.6. The van der Waals surface area contributed by atoms with Crippen molar-refractivity contribution in [1.82, 2.24) is 0 Å². The minimum absolute atomic E-state index is 0.0197. The predicted molar refractivity (Wildman–Crippen MR) is 67.9 cm³/mol. The van der Waals surface area contributed by atoms with E-state index in [0.29, 0.717) is 0 Å². The molecule has 0 bridgehead atoms. The van der Waals surface area contributed by atoms with Crippen LogP contribution in [0, 0.1) is 5.92 Å². The summed E-state index contributed by atoms with van der Waals surface area (Å²) in [5, 5.41) is 12.3. The van der Waals surface area contributed by atoms with Crippen LogP contribution in [0.1, 0.15) is 31.2 Å². The maximum Gasteiger partial charge on any atom is 0.418 e. The van der Waals surface area contributed by atoms with Crippen LogP contribution < -0.4 is 5.32 Å². The largest absolute Gasteiger partial charge is 0.418 e. The number of para-hydroxylation sites is 1. The summed E-state index contributed by atoms with van der Waals surface area (Å²) in [4.78, 5) is 0. The minimum Gasteiger partial charge on any atom is -0.396 e. The third-order valence-corrected chi connectivity index (χ3v) is 3.72. The smallest absolute Gasteiger partial charge is 0.396 e. The summed E-state index contributed by atoms with van der Waals surface area (Å²) in [5.41, 5.74) is -0.530. The van der Waals surface area contributed by atoms with Crippen molar-refractivity contribution in [3.05, 3.63) is 29.8 Å². The molecule has 106 valence electrons. The third-order valence-electron chi connectivity index (χ3n) is 3.72. The fourth-order valence-corrected chi connectivity index (χ4v) is 2.67. The van der Waals surface area contributed by atoms with Gasteiger partial charge in [0.2, 0.25) is 0 Å². The molecule has 1 aromatic rings. The number of hydrogen-bond acceptors (Lipinski definition) is 2. The average Bonchev–Trinajstić information content (AvgIpc) is 2.39. The summed E-state index contributed by atoms with van der Waals surface area (Å²) in [5.74, 6) is 0.0371. The Bertz CT molecular complexity index is 419. The second-order valence-corrected chi connectivity index (χ2v) is 5.02. The van der Waals surface area contributed by atoms with Gasteiger partial charge in [0.1, 0.15) is 0 Å². The van der Waals surface area contributed by atoms with Crippen molar-refractivity contribution < 1.29 is 18.3 Å². The maximum atomic E-state index is 12.9. The monoisotopic (exact) mass is 273 g/mol. The van der Waals surface area contributed by atoms with Crippen molar-refractivity contribution in [2.75, 3.05) is 11.9 Å². The highest BCUT2D eigenvalue weighted by Crippen LogP contribution is 2.36. The number of halogens is 3. The first-order valence-corrected chi connectivity index (χ1v) is 6.56. The Hall–Kier alpha value is -1.23. The van der Waals surface area contributed by atoms with Gasteiger partial charge >= 0.3 is 6.18 Å². The van der Waals surface area contributed by atoms with Gasteiger partial charge in [-0.15, -0.1) is 0 Å². The summed E-state index contributed by atoms with van der Waals surface area (Å²) in [7, 11) is 0. The van der Waals surface area contributed by atoms with Gasteiger partial charge in [-0.05, 0) is 25.0 Å². The van der Waals surface area contributed by atoms with E-state index in [1.165, 1.54) is 12.1 Å². The van der Waals surface area contributed by atoms with Crippen molar-refractivity contribution in [3.63, 3.8) is 0 Å². The first-order valence-electron chi connectivity index (χ1n) is 6.56.